The van der Waals surface area contributed by atoms with E-state index in [4.69, 9.17) is 9.84 Å². The number of nitrogens with one attached hydrogen (secondary N) is 1. The number of rotatable bonds is 4. The smallest absolute Gasteiger partial charge is 0.317 e. The van der Waals surface area contributed by atoms with Crippen molar-refractivity contribution in [3.8, 4) is 0 Å². The van der Waals surface area contributed by atoms with Gasteiger partial charge in [-0.15, -0.1) is 11.3 Å². The minimum absolute atomic E-state index is 0.148. The summed E-state index contributed by atoms with van der Waals surface area (Å²) in [4.78, 5) is 25.6. The van der Waals surface area contributed by atoms with E-state index in [-0.39, 0.29) is 19.2 Å². The molecule has 0 aromatic carbocycles. The molecule has 0 spiro atoms. The first kappa shape index (κ1) is 13.8. The van der Waals surface area contributed by atoms with Crippen LogP contribution >= 0.6 is 11.3 Å². The number of thiophene rings is 1. The van der Waals surface area contributed by atoms with Gasteiger partial charge in [-0.1, -0.05) is 6.07 Å². The Morgan fingerprint density at radius 1 is 1.58 bits per heavy atom. The lowest BCUT2D eigenvalue weighted by Gasteiger charge is -2.21. The molecule has 2 unspecified atom stereocenters. The van der Waals surface area contributed by atoms with Gasteiger partial charge in [0, 0.05) is 11.9 Å². The van der Waals surface area contributed by atoms with Gasteiger partial charge in [0.25, 0.3) is 0 Å². The van der Waals surface area contributed by atoms with Gasteiger partial charge >= 0.3 is 12.0 Å². The third kappa shape index (κ3) is 3.45. The molecule has 19 heavy (non-hydrogen) atoms. The van der Waals surface area contributed by atoms with Crippen LogP contribution in [0.25, 0.3) is 0 Å². The predicted molar refractivity (Wildman–Crippen MR) is 70.1 cm³/mol. The maximum absolute atomic E-state index is 12.0. The number of carboxylic acids is 1. The van der Waals surface area contributed by atoms with Crippen LogP contribution in [0.1, 0.15) is 4.88 Å². The molecule has 1 aliphatic heterocycles. The summed E-state index contributed by atoms with van der Waals surface area (Å²) >= 11 is 1.58. The van der Waals surface area contributed by atoms with Crippen LogP contribution in [0.15, 0.2) is 17.5 Å². The topological polar surface area (TPSA) is 78.9 Å². The van der Waals surface area contributed by atoms with Gasteiger partial charge < -0.3 is 20.1 Å². The molecule has 6 nitrogen and oxygen atoms in total. The fraction of sp³-hybridized carbons (Fsp3) is 0.500. The summed E-state index contributed by atoms with van der Waals surface area (Å²) in [7, 11) is 1.68. The molecule has 1 aliphatic rings. The van der Waals surface area contributed by atoms with E-state index in [1.165, 1.54) is 4.90 Å². The van der Waals surface area contributed by atoms with Gasteiger partial charge in [-0.2, -0.15) is 0 Å². The Hall–Kier alpha value is -1.60. The lowest BCUT2D eigenvalue weighted by Crippen LogP contribution is -2.47. The minimum atomic E-state index is -0.941. The van der Waals surface area contributed by atoms with E-state index in [9.17, 15) is 9.59 Å². The van der Waals surface area contributed by atoms with Gasteiger partial charge in [0.15, 0.2) is 0 Å². The fourth-order valence-corrected chi connectivity index (χ4v) is 2.67. The lowest BCUT2D eigenvalue weighted by molar-refractivity contribution is -0.142. The molecule has 1 saturated heterocycles. The number of aliphatic carboxylic acids is 1. The van der Waals surface area contributed by atoms with Crippen molar-refractivity contribution in [2.24, 2.45) is 5.92 Å². The number of carboxylic acid groups (broad SMARTS) is 1. The first-order chi connectivity index (χ1) is 9.08. The van der Waals surface area contributed by atoms with Crippen molar-refractivity contribution in [2.45, 2.75) is 12.6 Å². The van der Waals surface area contributed by atoms with Gasteiger partial charge in [-0.3, -0.25) is 4.79 Å². The minimum Gasteiger partial charge on any atom is -0.481 e. The summed E-state index contributed by atoms with van der Waals surface area (Å²) in [6.45, 7) is 0.902. The summed E-state index contributed by atoms with van der Waals surface area (Å²) in [5.74, 6) is -1.61. The summed E-state index contributed by atoms with van der Waals surface area (Å²) in [6.07, 6.45) is 0. The molecule has 2 atom stereocenters. The second kappa shape index (κ2) is 6.03. The van der Waals surface area contributed by atoms with E-state index in [0.29, 0.717) is 6.54 Å². The second-order valence-corrected chi connectivity index (χ2v) is 5.51. The molecule has 7 heteroatoms. The number of urea groups is 1. The van der Waals surface area contributed by atoms with Gasteiger partial charge in [0.2, 0.25) is 0 Å². The molecule has 2 heterocycles. The van der Waals surface area contributed by atoms with E-state index < -0.39 is 17.9 Å². The van der Waals surface area contributed by atoms with Gasteiger partial charge in [0.05, 0.1) is 25.8 Å². The molecular weight excluding hydrogens is 268 g/mol. The van der Waals surface area contributed by atoms with Crippen molar-refractivity contribution in [1.82, 2.24) is 10.2 Å². The zero-order chi connectivity index (χ0) is 13.8. The molecule has 1 aromatic rings. The largest absolute Gasteiger partial charge is 0.481 e. The third-order valence-corrected chi connectivity index (χ3v) is 3.89. The molecule has 0 bridgehead atoms. The van der Waals surface area contributed by atoms with E-state index in [0.717, 1.165) is 4.88 Å². The maximum Gasteiger partial charge on any atom is 0.317 e. The highest BCUT2D eigenvalue weighted by Crippen LogP contribution is 2.15. The van der Waals surface area contributed by atoms with Crippen LogP contribution in [0.2, 0.25) is 0 Å². The molecule has 104 valence electrons. The van der Waals surface area contributed by atoms with E-state index in [1.807, 2.05) is 17.5 Å². The Labute approximate surface area is 115 Å². The predicted octanol–water partition coefficient (Wildman–Crippen LogP) is 0.989. The molecule has 0 aliphatic carbocycles. The summed E-state index contributed by atoms with van der Waals surface area (Å²) in [5.41, 5.74) is 0. The molecule has 0 radical (unpaired) electrons. The van der Waals surface area contributed by atoms with Gasteiger partial charge in [-0.05, 0) is 11.4 Å². The van der Waals surface area contributed by atoms with Crippen molar-refractivity contribution in [3.05, 3.63) is 22.4 Å². The van der Waals surface area contributed by atoms with Crippen molar-refractivity contribution >= 4 is 23.3 Å². The van der Waals surface area contributed by atoms with Gasteiger partial charge in [-0.25, -0.2) is 4.79 Å². The number of hydrogen-bond donors (Lipinski definition) is 2. The Kier molecular flexibility index (Phi) is 4.39. The van der Waals surface area contributed by atoms with Crippen LogP contribution in [0.4, 0.5) is 4.79 Å². The van der Waals surface area contributed by atoms with Crippen LogP contribution in [0.3, 0.4) is 0 Å². The second-order valence-electron chi connectivity index (χ2n) is 4.47. The van der Waals surface area contributed by atoms with Crippen molar-refractivity contribution < 1.29 is 19.4 Å². The van der Waals surface area contributed by atoms with Crippen LogP contribution in [-0.4, -0.2) is 48.3 Å². The molecule has 2 rings (SSSR count). The maximum atomic E-state index is 12.0. The molecule has 2 amide bonds. The lowest BCUT2D eigenvalue weighted by atomic mass is 10.0. The zero-order valence-electron chi connectivity index (χ0n) is 10.5. The third-order valence-electron chi connectivity index (χ3n) is 3.03. The standard InChI is InChI=1S/C12H16N2O4S/c1-14(5-8-3-2-4-19-8)12(17)13-10-7-18-6-9(10)11(15)16/h2-4,9-10H,5-7H2,1H3,(H,13,17)(H,15,16). The summed E-state index contributed by atoms with van der Waals surface area (Å²) < 4.78 is 5.11. The fourth-order valence-electron chi connectivity index (χ4n) is 1.92. The highest BCUT2D eigenvalue weighted by molar-refractivity contribution is 7.09. The monoisotopic (exact) mass is 284 g/mol. The van der Waals surface area contributed by atoms with E-state index in [2.05, 4.69) is 5.32 Å². The highest BCUT2D eigenvalue weighted by atomic mass is 32.1. The number of ether oxygens (including phenoxy) is 1. The summed E-state index contributed by atoms with van der Waals surface area (Å²) in [6, 6.07) is 3.13. The number of hydrogen-bond acceptors (Lipinski definition) is 4. The van der Waals surface area contributed by atoms with E-state index in [1.54, 1.807) is 18.4 Å². The first-order valence-corrected chi connectivity index (χ1v) is 6.80. The Morgan fingerprint density at radius 2 is 2.37 bits per heavy atom. The molecule has 2 N–H and O–H groups in total. The average Bonchev–Trinajstić information content (AvgIpc) is 2.99. The van der Waals surface area contributed by atoms with Crippen molar-refractivity contribution in [1.29, 1.82) is 0 Å². The molecule has 1 fully saturated rings. The first-order valence-electron chi connectivity index (χ1n) is 5.92. The van der Waals surface area contributed by atoms with Crippen LogP contribution in [0.5, 0.6) is 0 Å². The Bertz CT molecular complexity index is 449. The zero-order valence-corrected chi connectivity index (χ0v) is 11.4. The SMILES string of the molecule is CN(Cc1cccs1)C(=O)NC1COCC1C(=O)O. The van der Waals surface area contributed by atoms with E-state index >= 15 is 0 Å². The Balaban J connectivity index is 1.88. The molecule has 1 aromatic heterocycles. The number of amides is 2. The van der Waals surface area contributed by atoms with Crippen LogP contribution in [0, 0.1) is 5.92 Å². The van der Waals surface area contributed by atoms with Crippen LogP contribution in [-0.2, 0) is 16.1 Å². The molecule has 0 saturated carbocycles. The normalized spacial score (nSPS) is 22.2. The molecular formula is C12H16N2O4S. The number of carbonyl (C=O) groups is 2. The number of carbonyl (C=O) groups excluding carboxylic acids is 1. The average molecular weight is 284 g/mol. The quantitative estimate of drug-likeness (QED) is 0.864. The number of nitrogens with zero attached hydrogens (tertiary/aromatic N) is 1. The van der Waals surface area contributed by atoms with Crippen molar-refractivity contribution in [2.75, 3.05) is 20.3 Å². The van der Waals surface area contributed by atoms with Crippen LogP contribution < -0.4 is 5.32 Å². The Morgan fingerprint density at radius 3 is 3.00 bits per heavy atom. The van der Waals surface area contributed by atoms with Gasteiger partial charge in [0.1, 0.15) is 5.92 Å². The highest BCUT2D eigenvalue weighted by Gasteiger charge is 2.35. The summed E-state index contributed by atoms with van der Waals surface area (Å²) in [5, 5.41) is 13.7. The van der Waals surface area contributed by atoms with Crippen molar-refractivity contribution in [3.63, 3.8) is 0 Å².